The summed E-state index contributed by atoms with van der Waals surface area (Å²) in [7, 11) is 0. The SMILES string of the molecule is Cc1ccc(F)cc1Oc1ccc(/C=C/C(=O)O)cc1Cl. The second-order valence-corrected chi connectivity index (χ2v) is 4.78. The number of hydrogen-bond donors (Lipinski definition) is 1. The number of hydrogen-bond acceptors (Lipinski definition) is 2. The lowest BCUT2D eigenvalue weighted by molar-refractivity contribution is -0.131. The molecule has 0 aromatic heterocycles. The largest absolute Gasteiger partial charge is 0.478 e. The molecule has 0 heterocycles. The van der Waals surface area contributed by atoms with E-state index in [0.29, 0.717) is 22.1 Å². The first kappa shape index (κ1) is 15.1. The van der Waals surface area contributed by atoms with Gasteiger partial charge in [0.15, 0.2) is 0 Å². The van der Waals surface area contributed by atoms with Crippen LogP contribution in [0.15, 0.2) is 42.5 Å². The molecule has 1 N–H and O–H groups in total. The van der Waals surface area contributed by atoms with Crippen molar-refractivity contribution in [2.24, 2.45) is 0 Å². The van der Waals surface area contributed by atoms with E-state index in [1.165, 1.54) is 18.2 Å². The van der Waals surface area contributed by atoms with Gasteiger partial charge in [-0.2, -0.15) is 0 Å². The maximum Gasteiger partial charge on any atom is 0.328 e. The summed E-state index contributed by atoms with van der Waals surface area (Å²) in [5, 5.41) is 8.88. The van der Waals surface area contributed by atoms with E-state index in [4.69, 9.17) is 21.4 Å². The molecule has 0 aliphatic carbocycles. The smallest absolute Gasteiger partial charge is 0.328 e. The molecule has 0 unspecified atom stereocenters. The van der Waals surface area contributed by atoms with Gasteiger partial charge in [0.05, 0.1) is 5.02 Å². The Morgan fingerprint density at radius 1 is 1.24 bits per heavy atom. The molecule has 0 saturated heterocycles. The minimum Gasteiger partial charge on any atom is -0.478 e. The average Bonchev–Trinajstić information content (AvgIpc) is 2.43. The number of carbonyl (C=O) groups is 1. The van der Waals surface area contributed by atoms with Gasteiger partial charge in [0.25, 0.3) is 0 Å². The second-order valence-electron chi connectivity index (χ2n) is 4.37. The van der Waals surface area contributed by atoms with Crippen LogP contribution in [0.3, 0.4) is 0 Å². The fourth-order valence-corrected chi connectivity index (χ4v) is 1.90. The maximum absolute atomic E-state index is 13.2. The number of halogens is 2. The topological polar surface area (TPSA) is 46.5 Å². The van der Waals surface area contributed by atoms with Crippen molar-refractivity contribution in [1.29, 1.82) is 0 Å². The predicted octanol–water partition coefficient (Wildman–Crippen LogP) is 4.68. The number of aryl methyl sites for hydroxylation is 1. The zero-order valence-electron chi connectivity index (χ0n) is 11.1. The highest BCUT2D eigenvalue weighted by Gasteiger charge is 2.07. The Bertz CT molecular complexity index is 711. The van der Waals surface area contributed by atoms with Gasteiger partial charge in [-0.05, 0) is 42.3 Å². The summed E-state index contributed by atoms with van der Waals surface area (Å²) < 4.78 is 18.8. The van der Waals surface area contributed by atoms with Crippen molar-refractivity contribution >= 4 is 23.6 Å². The van der Waals surface area contributed by atoms with E-state index < -0.39 is 11.8 Å². The van der Waals surface area contributed by atoms with Crippen LogP contribution in [0.2, 0.25) is 5.02 Å². The number of ether oxygens (including phenoxy) is 1. The van der Waals surface area contributed by atoms with Crippen molar-refractivity contribution < 1.29 is 19.0 Å². The molecule has 2 aromatic carbocycles. The van der Waals surface area contributed by atoms with Crippen LogP contribution in [0.1, 0.15) is 11.1 Å². The number of aliphatic carboxylic acids is 1. The quantitative estimate of drug-likeness (QED) is 0.834. The monoisotopic (exact) mass is 306 g/mol. The molecule has 0 amide bonds. The van der Waals surface area contributed by atoms with Gasteiger partial charge >= 0.3 is 5.97 Å². The van der Waals surface area contributed by atoms with Crippen molar-refractivity contribution in [3.8, 4) is 11.5 Å². The molecule has 0 fully saturated rings. The van der Waals surface area contributed by atoms with Crippen LogP contribution < -0.4 is 4.74 Å². The van der Waals surface area contributed by atoms with E-state index in [2.05, 4.69) is 0 Å². The van der Waals surface area contributed by atoms with Gasteiger partial charge in [0, 0.05) is 12.1 Å². The second kappa shape index (κ2) is 6.41. The highest BCUT2D eigenvalue weighted by atomic mass is 35.5. The van der Waals surface area contributed by atoms with Crippen molar-refractivity contribution in [1.82, 2.24) is 0 Å². The third-order valence-electron chi connectivity index (χ3n) is 2.74. The molecule has 5 heteroatoms. The predicted molar refractivity (Wildman–Crippen MR) is 79.3 cm³/mol. The first-order valence-corrected chi connectivity index (χ1v) is 6.48. The summed E-state index contributed by atoms with van der Waals surface area (Å²) >= 11 is 6.09. The molecule has 0 atom stereocenters. The van der Waals surface area contributed by atoms with E-state index in [1.54, 1.807) is 31.2 Å². The van der Waals surface area contributed by atoms with E-state index in [-0.39, 0.29) is 0 Å². The van der Waals surface area contributed by atoms with Gasteiger partial charge in [-0.15, -0.1) is 0 Å². The van der Waals surface area contributed by atoms with Crippen LogP contribution >= 0.6 is 11.6 Å². The highest BCUT2D eigenvalue weighted by Crippen LogP contribution is 2.32. The Labute approximate surface area is 126 Å². The number of carboxylic acid groups (broad SMARTS) is 1. The van der Waals surface area contributed by atoms with Gasteiger partial charge in [-0.25, -0.2) is 9.18 Å². The Balaban J connectivity index is 2.25. The van der Waals surface area contributed by atoms with E-state index in [1.807, 2.05) is 0 Å². The average molecular weight is 307 g/mol. The Morgan fingerprint density at radius 2 is 2.00 bits per heavy atom. The van der Waals surface area contributed by atoms with Crippen molar-refractivity contribution in [2.45, 2.75) is 6.92 Å². The van der Waals surface area contributed by atoms with Gasteiger partial charge in [-0.3, -0.25) is 0 Å². The van der Waals surface area contributed by atoms with Gasteiger partial charge < -0.3 is 9.84 Å². The van der Waals surface area contributed by atoms with E-state index >= 15 is 0 Å². The fraction of sp³-hybridized carbons (Fsp3) is 0.0625. The summed E-state index contributed by atoms with van der Waals surface area (Å²) in [6.07, 6.45) is 2.44. The van der Waals surface area contributed by atoms with Crippen LogP contribution in [0.5, 0.6) is 11.5 Å². The summed E-state index contributed by atoms with van der Waals surface area (Å²) in [6.45, 7) is 1.80. The third-order valence-corrected chi connectivity index (χ3v) is 3.04. The Morgan fingerprint density at radius 3 is 2.67 bits per heavy atom. The van der Waals surface area contributed by atoms with Gasteiger partial charge in [-0.1, -0.05) is 23.7 Å². The van der Waals surface area contributed by atoms with Crippen LogP contribution in [-0.2, 0) is 4.79 Å². The number of carboxylic acids is 1. The lowest BCUT2D eigenvalue weighted by Gasteiger charge is -2.10. The van der Waals surface area contributed by atoms with E-state index in [9.17, 15) is 9.18 Å². The molecule has 0 radical (unpaired) electrons. The van der Waals surface area contributed by atoms with Crippen LogP contribution in [0.4, 0.5) is 4.39 Å². The first-order chi connectivity index (χ1) is 9.95. The Kier molecular flexibility index (Phi) is 4.60. The molecule has 0 aliphatic heterocycles. The number of rotatable bonds is 4. The minimum absolute atomic E-state index is 0.311. The minimum atomic E-state index is -1.04. The van der Waals surface area contributed by atoms with Gasteiger partial charge in [0.2, 0.25) is 0 Å². The van der Waals surface area contributed by atoms with Crippen LogP contribution in [0.25, 0.3) is 6.08 Å². The van der Waals surface area contributed by atoms with Crippen LogP contribution in [-0.4, -0.2) is 11.1 Å². The molecule has 0 spiro atoms. The van der Waals surface area contributed by atoms with Crippen molar-refractivity contribution in [3.63, 3.8) is 0 Å². The lowest BCUT2D eigenvalue weighted by atomic mass is 10.2. The third kappa shape index (κ3) is 4.07. The van der Waals surface area contributed by atoms with Crippen molar-refractivity contribution in [2.75, 3.05) is 0 Å². The first-order valence-electron chi connectivity index (χ1n) is 6.10. The van der Waals surface area contributed by atoms with Gasteiger partial charge in [0.1, 0.15) is 17.3 Å². The summed E-state index contributed by atoms with van der Waals surface area (Å²) in [5.74, 6) is -0.682. The lowest BCUT2D eigenvalue weighted by Crippen LogP contribution is -1.90. The zero-order chi connectivity index (χ0) is 15.4. The highest BCUT2D eigenvalue weighted by molar-refractivity contribution is 6.32. The number of benzene rings is 2. The molecule has 0 aliphatic rings. The molecule has 108 valence electrons. The normalized spacial score (nSPS) is 10.8. The molecule has 2 rings (SSSR count). The molecule has 3 nitrogen and oxygen atoms in total. The molecule has 0 bridgehead atoms. The fourth-order valence-electron chi connectivity index (χ4n) is 1.67. The molecular weight excluding hydrogens is 295 g/mol. The molecule has 2 aromatic rings. The molecule has 0 saturated carbocycles. The Hall–Kier alpha value is -2.33. The molecular formula is C16H12ClFO3. The summed E-state index contributed by atoms with van der Waals surface area (Å²) in [6, 6.07) is 9.09. The molecule has 21 heavy (non-hydrogen) atoms. The maximum atomic E-state index is 13.2. The van der Waals surface area contributed by atoms with Crippen LogP contribution in [0, 0.1) is 12.7 Å². The standard InChI is InChI=1S/C16H12ClFO3/c1-10-2-5-12(18)9-15(10)21-14-6-3-11(8-13(14)17)4-7-16(19)20/h2-9H,1H3,(H,19,20)/b7-4+. The summed E-state index contributed by atoms with van der Waals surface area (Å²) in [5.41, 5.74) is 1.41. The van der Waals surface area contributed by atoms with E-state index in [0.717, 1.165) is 11.6 Å². The zero-order valence-corrected chi connectivity index (χ0v) is 11.9. The summed E-state index contributed by atoms with van der Waals surface area (Å²) in [4.78, 5) is 10.5. The van der Waals surface area contributed by atoms with Crippen molar-refractivity contribution in [3.05, 3.63) is 64.4 Å².